The highest BCUT2D eigenvalue weighted by atomic mass is 16.1. The minimum absolute atomic E-state index is 0.371. The van der Waals surface area contributed by atoms with E-state index >= 15 is 0 Å². The van der Waals surface area contributed by atoms with Crippen LogP contribution in [0.2, 0.25) is 0 Å². The lowest BCUT2D eigenvalue weighted by atomic mass is 9.76. The topological polar surface area (TPSA) is 55.1 Å². The molecule has 21 heavy (non-hydrogen) atoms. The Hall–Kier alpha value is -1.51. The fraction of sp³-hybridized carbons (Fsp3) is 0.611. The van der Waals surface area contributed by atoms with Gasteiger partial charge < -0.3 is 11.1 Å². The Morgan fingerprint density at radius 2 is 1.76 bits per heavy atom. The first-order chi connectivity index (χ1) is 9.86. The van der Waals surface area contributed by atoms with E-state index in [4.69, 9.17) is 5.73 Å². The third-order valence-corrected chi connectivity index (χ3v) is 4.73. The van der Waals surface area contributed by atoms with Crippen molar-refractivity contribution in [1.82, 2.24) is 0 Å². The fourth-order valence-electron chi connectivity index (χ4n) is 3.28. The van der Waals surface area contributed by atoms with Gasteiger partial charge in [-0.1, -0.05) is 27.2 Å². The molecule has 0 bridgehead atoms. The first kappa shape index (κ1) is 15.9. The van der Waals surface area contributed by atoms with Crippen molar-refractivity contribution in [3.63, 3.8) is 0 Å². The minimum atomic E-state index is -0.371. The zero-order valence-electron chi connectivity index (χ0n) is 13.5. The largest absolute Gasteiger partial charge is 0.382 e. The zero-order chi connectivity index (χ0) is 15.5. The number of rotatable bonds is 3. The average molecular weight is 288 g/mol. The highest BCUT2D eigenvalue weighted by Crippen LogP contribution is 2.37. The smallest absolute Gasteiger partial charge is 0.248 e. The standard InChI is InChI=1S/C18H28N2O/c1-18(2,3)14-5-4-6-15(12-9-14)20-16-10-7-13(8-11-16)17(19)21/h7-8,10-11,14-15,20H,4-6,9,12H2,1-3H3,(H2,19,21). The van der Waals surface area contributed by atoms with E-state index in [9.17, 15) is 4.79 Å². The lowest BCUT2D eigenvalue weighted by Gasteiger charge is -2.29. The summed E-state index contributed by atoms with van der Waals surface area (Å²) in [6.45, 7) is 7.07. The lowest BCUT2D eigenvalue weighted by molar-refractivity contribution is 0.100. The van der Waals surface area contributed by atoms with Crippen molar-refractivity contribution < 1.29 is 4.79 Å². The number of carbonyl (C=O) groups is 1. The summed E-state index contributed by atoms with van der Waals surface area (Å²) in [5.74, 6) is 0.450. The van der Waals surface area contributed by atoms with Gasteiger partial charge in [0.05, 0.1) is 0 Å². The van der Waals surface area contributed by atoms with Crippen LogP contribution in [0.4, 0.5) is 5.69 Å². The molecule has 1 saturated carbocycles. The minimum Gasteiger partial charge on any atom is -0.382 e. The molecule has 2 atom stereocenters. The van der Waals surface area contributed by atoms with Gasteiger partial charge in [-0.25, -0.2) is 0 Å². The van der Waals surface area contributed by atoms with Crippen LogP contribution in [0.1, 0.15) is 63.2 Å². The maximum atomic E-state index is 11.1. The predicted molar refractivity (Wildman–Crippen MR) is 88.4 cm³/mol. The van der Waals surface area contributed by atoms with Crippen LogP contribution >= 0.6 is 0 Å². The van der Waals surface area contributed by atoms with Crippen molar-refractivity contribution in [3.05, 3.63) is 29.8 Å². The molecule has 2 rings (SSSR count). The summed E-state index contributed by atoms with van der Waals surface area (Å²) in [5.41, 5.74) is 7.33. The van der Waals surface area contributed by atoms with Gasteiger partial charge in [-0.15, -0.1) is 0 Å². The van der Waals surface area contributed by atoms with Crippen molar-refractivity contribution >= 4 is 11.6 Å². The molecule has 1 aliphatic rings. The predicted octanol–water partition coefficient (Wildman–Crippen LogP) is 4.19. The van der Waals surface area contributed by atoms with Gasteiger partial charge in [-0.2, -0.15) is 0 Å². The Morgan fingerprint density at radius 1 is 1.10 bits per heavy atom. The van der Waals surface area contributed by atoms with E-state index in [2.05, 4.69) is 26.1 Å². The van der Waals surface area contributed by atoms with E-state index in [-0.39, 0.29) is 5.91 Å². The van der Waals surface area contributed by atoms with Crippen LogP contribution < -0.4 is 11.1 Å². The normalized spacial score (nSPS) is 23.4. The van der Waals surface area contributed by atoms with Gasteiger partial charge in [0.15, 0.2) is 0 Å². The van der Waals surface area contributed by atoms with Gasteiger partial charge in [0.25, 0.3) is 0 Å². The first-order valence-electron chi connectivity index (χ1n) is 8.02. The van der Waals surface area contributed by atoms with Gasteiger partial charge in [0.1, 0.15) is 0 Å². The Balaban J connectivity index is 1.93. The van der Waals surface area contributed by atoms with Crippen LogP contribution in [0.15, 0.2) is 24.3 Å². The van der Waals surface area contributed by atoms with Crippen LogP contribution in [0.25, 0.3) is 0 Å². The number of hydrogen-bond acceptors (Lipinski definition) is 2. The molecule has 1 fully saturated rings. The van der Waals surface area contributed by atoms with Crippen molar-refractivity contribution in [3.8, 4) is 0 Å². The molecule has 3 nitrogen and oxygen atoms in total. The van der Waals surface area contributed by atoms with Gasteiger partial charge in [-0.05, 0) is 61.3 Å². The zero-order valence-corrected chi connectivity index (χ0v) is 13.5. The molecule has 0 radical (unpaired) electrons. The third kappa shape index (κ3) is 4.48. The summed E-state index contributed by atoms with van der Waals surface area (Å²) < 4.78 is 0. The summed E-state index contributed by atoms with van der Waals surface area (Å²) in [5, 5.41) is 3.61. The number of hydrogen-bond donors (Lipinski definition) is 2. The maximum Gasteiger partial charge on any atom is 0.248 e. The Bertz CT molecular complexity index is 473. The van der Waals surface area contributed by atoms with Gasteiger partial charge in [0, 0.05) is 17.3 Å². The number of nitrogens with two attached hydrogens (primary N) is 1. The molecule has 1 aromatic rings. The van der Waals surface area contributed by atoms with Crippen LogP contribution in [0.5, 0.6) is 0 Å². The number of benzene rings is 1. The molecule has 0 aliphatic heterocycles. The number of carbonyl (C=O) groups excluding carboxylic acids is 1. The van der Waals surface area contributed by atoms with E-state index in [0.29, 0.717) is 17.0 Å². The van der Waals surface area contributed by atoms with E-state index in [1.54, 1.807) is 12.1 Å². The quantitative estimate of drug-likeness (QED) is 0.819. The van der Waals surface area contributed by atoms with Crippen LogP contribution in [-0.2, 0) is 0 Å². The van der Waals surface area contributed by atoms with Gasteiger partial charge in [-0.3, -0.25) is 4.79 Å². The van der Waals surface area contributed by atoms with Gasteiger partial charge >= 0.3 is 0 Å². The summed E-state index contributed by atoms with van der Waals surface area (Å²) in [7, 11) is 0. The molecule has 1 amide bonds. The SMILES string of the molecule is CC(C)(C)C1CCCC(Nc2ccc(C(N)=O)cc2)CC1. The summed E-state index contributed by atoms with van der Waals surface area (Å²) in [6.07, 6.45) is 6.37. The molecule has 0 saturated heterocycles. The average Bonchev–Trinajstić information content (AvgIpc) is 2.64. The number of amides is 1. The maximum absolute atomic E-state index is 11.1. The second-order valence-corrected chi connectivity index (χ2v) is 7.35. The van der Waals surface area contributed by atoms with Crippen molar-refractivity contribution in [2.75, 3.05) is 5.32 Å². The fourth-order valence-corrected chi connectivity index (χ4v) is 3.28. The van der Waals surface area contributed by atoms with Crippen molar-refractivity contribution in [2.24, 2.45) is 17.1 Å². The van der Waals surface area contributed by atoms with E-state index in [0.717, 1.165) is 11.6 Å². The van der Waals surface area contributed by atoms with E-state index in [1.807, 2.05) is 12.1 Å². The highest BCUT2D eigenvalue weighted by Gasteiger charge is 2.27. The molecule has 1 aromatic carbocycles. The third-order valence-electron chi connectivity index (χ3n) is 4.73. The molecule has 1 aliphatic carbocycles. The lowest BCUT2D eigenvalue weighted by Crippen LogP contribution is -2.21. The summed E-state index contributed by atoms with van der Waals surface area (Å²) in [6, 6.07) is 8.02. The Labute approximate surface area is 128 Å². The monoisotopic (exact) mass is 288 g/mol. The Kier molecular flexibility index (Phi) is 4.92. The molecule has 116 valence electrons. The number of nitrogens with one attached hydrogen (secondary N) is 1. The number of anilines is 1. The van der Waals surface area contributed by atoms with E-state index in [1.165, 1.54) is 32.1 Å². The van der Waals surface area contributed by atoms with Crippen molar-refractivity contribution in [1.29, 1.82) is 0 Å². The molecule has 0 heterocycles. The molecular weight excluding hydrogens is 260 g/mol. The molecule has 2 unspecified atom stereocenters. The summed E-state index contributed by atoms with van der Waals surface area (Å²) >= 11 is 0. The molecule has 0 aromatic heterocycles. The van der Waals surface area contributed by atoms with E-state index < -0.39 is 0 Å². The molecular formula is C18H28N2O. The summed E-state index contributed by atoms with van der Waals surface area (Å²) in [4.78, 5) is 11.1. The first-order valence-corrected chi connectivity index (χ1v) is 8.02. The second-order valence-electron chi connectivity index (χ2n) is 7.35. The highest BCUT2D eigenvalue weighted by molar-refractivity contribution is 5.93. The molecule has 0 spiro atoms. The van der Waals surface area contributed by atoms with Crippen LogP contribution in [0, 0.1) is 11.3 Å². The molecule has 3 heteroatoms. The van der Waals surface area contributed by atoms with Crippen molar-refractivity contribution in [2.45, 2.75) is 58.9 Å². The molecule has 3 N–H and O–H groups in total. The second kappa shape index (κ2) is 6.50. The van der Waals surface area contributed by atoms with Crippen LogP contribution in [0.3, 0.4) is 0 Å². The Morgan fingerprint density at radius 3 is 2.33 bits per heavy atom. The van der Waals surface area contributed by atoms with Crippen LogP contribution in [-0.4, -0.2) is 11.9 Å². The van der Waals surface area contributed by atoms with Gasteiger partial charge in [0.2, 0.25) is 5.91 Å². The number of primary amides is 1.